The van der Waals surface area contributed by atoms with Crippen molar-refractivity contribution in [2.45, 2.75) is 32.4 Å². The first-order valence-electron chi connectivity index (χ1n) is 9.90. The predicted molar refractivity (Wildman–Crippen MR) is 111 cm³/mol. The summed E-state index contributed by atoms with van der Waals surface area (Å²) >= 11 is 0. The van der Waals surface area contributed by atoms with E-state index in [4.69, 9.17) is 10.5 Å². The van der Waals surface area contributed by atoms with Gasteiger partial charge in [-0.05, 0) is 35.6 Å². The molecule has 3 aromatic rings. The van der Waals surface area contributed by atoms with E-state index in [0.29, 0.717) is 18.9 Å². The van der Waals surface area contributed by atoms with Crippen molar-refractivity contribution >= 4 is 16.8 Å². The quantitative estimate of drug-likeness (QED) is 0.715. The molecule has 0 saturated carbocycles. The number of ether oxygens (including phenoxy) is 1. The van der Waals surface area contributed by atoms with Gasteiger partial charge in [0.2, 0.25) is 5.91 Å². The van der Waals surface area contributed by atoms with Crippen molar-refractivity contribution in [1.82, 2.24) is 9.88 Å². The smallest absolute Gasteiger partial charge is 0.227 e. The lowest BCUT2D eigenvalue weighted by molar-refractivity contribution is -0.132. The zero-order valence-corrected chi connectivity index (χ0v) is 16.2. The molecule has 0 spiro atoms. The second kappa shape index (κ2) is 8.07. The zero-order valence-electron chi connectivity index (χ0n) is 16.2. The van der Waals surface area contributed by atoms with E-state index in [1.165, 1.54) is 0 Å². The average molecular weight is 377 g/mol. The highest BCUT2D eigenvalue weighted by Gasteiger charge is 2.26. The lowest BCUT2D eigenvalue weighted by Gasteiger charge is -2.35. The van der Waals surface area contributed by atoms with Crippen molar-refractivity contribution < 1.29 is 9.53 Å². The van der Waals surface area contributed by atoms with Gasteiger partial charge in [0.25, 0.3) is 0 Å². The van der Waals surface area contributed by atoms with Gasteiger partial charge in [-0.3, -0.25) is 4.79 Å². The molecular weight excluding hydrogens is 350 g/mol. The molecule has 2 atom stereocenters. The summed E-state index contributed by atoms with van der Waals surface area (Å²) < 4.78 is 5.90. The molecule has 1 aliphatic heterocycles. The molecule has 2 aromatic carbocycles. The van der Waals surface area contributed by atoms with Crippen LogP contribution in [0.2, 0.25) is 0 Å². The summed E-state index contributed by atoms with van der Waals surface area (Å²) in [5.74, 6) is 1.34. The van der Waals surface area contributed by atoms with Gasteiger partial charge >= 0.3 is 0 Å². The Bertz CT molecular complexity index is 951. The number of benzene rings is 2. The third-order valence-electron chi connectivity index (χ3n) is 5.65. The van der Waals surface area contributed by atoms with Gasteiger partial charge in [0, 0.05) is 42.3 Å². The molecule has 5 nitrogen and oxygen atoms in total. The molecule has 1 amide bonds. The molecule has 0 aliphatic carbocycles. The summed E-state index contributed by atoms with van der Waals surface area (Å²) in [6.07, 6.45) is 3.22. The fraction of sp³-hybridized carbons (Fsp3) is 0.348. The molecule has 1 aromatic heterocycles. The van der Waals surface area contributed by atoms with Gasteiger partial charge in [0.05, 0.1) is 6.42 Å². The van der Waals surface area contributed by atoms with Gasteiger partial charge in [-0.2, -0.15) is 0 Å². The van der Waals surface area contributed by atoms with E-state index in [1.54, 1.807) is 0 Å². The van der Waals surface area contributed by atoms with Crippen molar-refractivity contribution in [3.8, 4) is 5.75 Å². The maximum absolute atomic E-state index is 12.7. The van der Waals surface area contributed by atoms with Crippen molar-refractivity contribution in [2.75, 3.05) is 13.1 Å². The van der Waals surface area contributed by atoms with E-state index in [2.05, 4.69) is 11.9 Å². The molecule has 146 valence electrons. The first-order valence-corrected chi connectivity index (χ1v) is 9.90. The fourth-order valence-electron chi connectivity index (χ4n) is 3.81. The minimum Gasteiger partial charge on any atom is -0.489 e. The zero-order chi connectivity index (χ0) is 19.5. The summed E-state index contributed by atoms with van der Waals surface area (Å²) in [5.41, 5.74) is 9.22. The fourth-order valence-corrected chi connectivity index (χ4v) is 3.81. The van der Waals surface area contributed by atoms with Crippen LogP contribution in [0, 0.1) is 5.92 Å². The van der Waals surface area contributed by atoms with E-state index in [1.807, 2.05) is 59.6 Å². The van der Waals surface area contributed by atoms with Gasteiger partial charge in [0.15, 0.2) is 0 Å². The van der Waals surface area contributed by atoms with Gasteiger partial charge < -0.3 is 20.4 Å². The lowest BCUT2D eigenvalue weighted by atomic mass is 9.94. The first-order chi connectivity index (χ1) is 13.6. The van der Waals surface area contributed by atoms with Crippen LogP contribution in [-0.4, -0.2) is 34.9 Å². The number of hydrogen-bond donors (Lipinski definition) is 2. The highest BCUT2D eigenvalue weighted by Crippen LogP contribution is 2.25. The molecule has 5 heteroatoms. The first kappa shape index (κ1) is 18.6. The molecular formula is C23H27N3O2. The molecule has 0 bridgehead atoms. The Morgan fingerprint density at radius 2 is 2.07 bits per heavy atom. The number of aromatic nitrogens is 1. The standard InChI is InChI=1S/C23H27N3O2/c1-16-14-26(10-9-21(16)24)23(27)11-18-13-25-22-12-19(7-8-20(18)22)28-15-17-5-3-2-4-6-17/h2-8,12-13,16,21,25H,9-11,14-15,24H2,1H3. The van der Waals surface area contributed by atoms with Gasteiger partial charge in [-0.25, -0.2) is 0 Å². The van der Waals surface area contributed by atoms with Gasteiger partial charge in [-0.1, -0.05) is 37.3 Å². The number of nitrogens with two attached hydrogens (primary N) is 1. The highest BCUT2D eigenvalue weighted by molar-refractivity contribution is 5.89. The molecule has 28 heavy (non-hydrogen) atoms. The summed E-state index contributed by atoms with van der Waals surface area (Å²) in [5, 5.41) is 1.07. The van der Waals surface area contributed by atoms with E-state index in [-0.39, 0.29) is 11.9 Å². The molecule has 4 rings (SSSR count). The van der Waals surface area contributed by atoms with Crippen LogP contribution >= 0.6 is 0 Å². The van der Waals surface area contributed by atoms with Crippen LogP contribution in [0.5, 0.6) is 5.75 Å². The van der Waals surface area contributed by atoms with Crippen molar-refractivity contribution in [2.24, 2.45) is 11.7 Å². The van der Waals surface area contributed by atoms with Crippen LogP contribution in [0.25, 0.3) is 10.9 Å². The third-order valence-corrected chi connectivity index (χ3v) is 5.65. The normalized spacial score (nSPS) is 19.7. The minimum absolute atomic E-state index is 0.170. The molecule has 1 fully saturated rings. The number of aromatic amines is 1. The number of amides is 1. The number of carbonyl (C=O) groups is 1. The van der Waals surface area contributed by atoms with E-state index in [0.717, 1.165) is 47.3 Å². The summed E-state index contributed by atoms with van der Waals surface area (Å²) in [4.78, 5) is 18.0. The lowest BCUT2D eigenvalue weighted by Crippen LogP contribution is -2.48. The monoisotopic (exact) mass is 377 g/mol. The molecule has 2 unspecified atom stereocenters. The summed E-state index contributed by atoms with van der Waals surface area (Å²) in [7, 11) is 0. The number of H-pyrrole nitrogens is 1. The second-order valence-electron chi connectivity index (χ2n) is 7.74. The van der Waals surface area contributed by atoms with E-state index >= 15 is 0 Å². The van der Waals surface area contributed by atoms with Gasteiger partial charge in [-0.15, -0.1) is 0 Å². The maximum atomic E-state index is 12.7. The van der Waals surface area contributed by atoms with Crippen LogP contribution in [0.15, 0.2) is 54.7 Å². The Morgan fingerprint density at radius 1 is 1.25 bits per heavy atom. The number of piperidine rings is 1. The number of nitrogens with one attached hydrogen (secondary N) is 1. The number of fused-ring (bicyclic) bond motifs is 1. The largest absolute Gasteiger partial charge is 0.489 e. The predicted octanol–water partition coefficient (Wildman–Crippen LogP) is 3.49. The highest BCUT2D eigenvalue weighted by atomic mass is 16.5. The van der Waals surface area contributed by atoms with Crippen molar-refractivity contribution in [1.29, 1.82) is 0 Å². The van der Waals surface area contributed by atoms with Crippen LogP contribution < -0.4 is 10.5 Å². The molecule has 3 N–H and O–H groups in total. The summed E-state index contributed by atoms with van der Waals surface area (Å²) in [6, 6.07) is 16.3. The SMILES string of the molecule is CC1CN(C(=O)Cc2c[nH]c3cc(OCc4ccccc4)ccc23)CCC1N. The second-order valence-corrected chi connectivity index (χ2v) is 7.74. The van der Waals surface area contributed by atoms with Crippen LogP contribution in [0.3, 0.4) is 0 Å². The summed E-state index contributed by atoms with van der Waals surface area (Å²) in [6.45, 7) is 4.16. The minimum atomic E-state index is 0.170. The van der Waals surface area contributed by atoms with Crippen LogP contribution in [-0.2, 0) is 17.8 Å². The number of rotatable bonds is 5. The third kappa shape index (κ3) is 4.04. The maximum Gasteiger partial charge on any atom is 0.227 e. The number of nitrogens with zero attached hydrogens (tertiary/aromatic N) is 1. The number of carbonyl (C=O) groups excluding carboxylic acids is 1. The van der Waals surface area contributed by atoms with Crippen LogP contribution in [0.1, 0.15) is 24.5 Å². The Hall–Kier alpha value is -2.79. The van der Waals surface area contributed by atoms with Crippen LogP contribution in [0.4, 0.5) is 0 Å². The number of likely N-dealkylation sites (tertiary alicyclic amines) is 1. The Labute approximate surface area is 165 Å². The van der Waals surface area contributed by atoms with E-state index in [9.17, 15) is 4.79 Å². The Balaban J connectivity index is 1.42. The molecule has 0 radical (unpaired) electrons. The average Bonchev–Trinajstić information content (AvgIpc) is 3.11. The van der Waals surface area contributed by atoms with Crippen molar-refractivity contribution in [3.63, 3.8) is 0 Å². The molecule has 2 heterocycles. The molecule has 1 saturated heterocycles. The Morgan fingerprint density at radius 3 is 2.86 bits per heavy atom. The topological polar surface area (TPSA) is 71.3 Å². The van der Waals surface area contributed by atoms with E-state index < -0.39 is 0 Å². The Kier molecular flexibility index (Phi) is 5.35. The van der Waals surface area contributed by atoms with Gasteiger partial charge in [0.1, 0.15) is 12.4 Å². The number of hydrogen-bond acceptors (Lipinski definition) is 3. The molecule has 1 aliphatic rings. The van der Waals surface area contributed by atoms with Crippen molar-refractivity contribution in [3.05, 3.63) is 65.9 Å².